The average Bonchev–Trinajstić information content (AvgIpc) is 3.10. The molecule has 1 heterocycles. The lowest BCUT2D eigenvalue weighted by molar-refractivity contribution is -0.113. The molecule has 6 nitrogen and oxygen atoms in total. The lowest BCUT2D eigenvalue weighted by Gasteiger charge is -2.09. The SMILES string of the molecule is CCCCOc1ccc(-c2nnc(SCC(=O)Nc3cc(C)ccc3C)n2C)cc1. The Morgan fingerprint density at radius 2 is 1.90 bits per heavy atom. The smallest absolute Gasteiger partial charge is 0.234 e. The minimum Gasteiger partial charge on any atom is -0.494 e. The summed E-state index contributed by atoms with van der Waals surface area (Å²) in [5, 5.41) is 12.2. The average molecular weight is 425 g/mol. The number of benzene rings is 2. The third kappa shape index (κ3) is 5.63. The summed E-state index contributed by atoms with van der Waals surface area (Å²) in [6.07, 6.45) is 2.16. The fourth-order valence-corrected chi connectivity index (χ4v) is 3.62. The molecule has 0 bridgehead atoms. The lowest BCUT2D eigenvalue weighted by atomic mass is 10.1. The molecule has 1 aromatic heterocycles. The topological polar surface area (TPSA) is 69.0 Å². The van der Waals surface area contributed by atoms with Crippen molar-refractivity contribution in [1.29, 1.82) is 0 Å². The molecule has 0 radical (unpaired) electrons. The van der Waals surface area contributed by atoms with Gasteiger partial charge in [0.1, 0.15) is 5.75 Å². The van der Waals surface area contributed by atoms with Crippen LogP contribution in [0.5, 0.6) is 5.75 Å². The molecule has 0 saturated heterocycles. The highest BCUT2D eigenvalue weighted by atomic mass is 32.2. The Labute approximate surface area is 182 Å². The second-order valence-corrected chi connectivity index (χ2v) is 8.19. The maximum Gasteiger partial charge on any atom is 0.234 e. The largest absolute Gasteiger partial charge is 0.494 e. The fourth-order valence-electron chi connectivity index (χ4n) is 2.91. The molecular weight excluding hydrogens is 396 g/mol. The van der Waals surface area contributed by atoms with Crippen molar-refractivity contribution in [1.82, 2.24) is 14.8 Å². The highest BCUT2D eigenvalue weighted by Gasteiger charge is 2.14. The van der Waals surface area contributed by atoms with E-state index in [9.17, 15) is 4.79 Å². The number of anilines is 1. The van der Waals surface area contributed by atoms with E-state index in [1.54, 1.807) is 0 Å². The Morgan fingerprint density at radius 1 is 1.13 bits per heavy atom. The van der Waals surface area contributed by atoms with E-state index >= 15 is 0 Å². The standard InChI is InChI=1S/C23H28N4O2S/c1-5-6-13-29-19-11-9-18(10-12-19)22-25-26-23(27(22)4)30-15-21(28)24-20-14-16(2)7-8-17(20)3/h7-12,14H,5-6,13,15H2,1-4H3,(H,24,28). The van der Waals surface area contributed by atoms with Gasteiger partial charge in [-0.25, -0.2) is 0 Å². The highest BCUT2D eigenvalue weighted by molar-refractivity contribution is 7.99. The van der Waals surface area contributed by atoms with E-state index in [0.29, 0.717) is 5.16 Å². The van der Waals surface area contributed by atoms with Gasteiger partial charge in [0.25, 0.3) is 0 Å². The normalized spacial score (nSPS) is 10.8. The number of aryl methyl sites for hydroxylation is 2. The summed E-state index contributed by atoms with van der Waals surface area (Å²) in [6.45, 7) is 6.86. The Balaban J connectivity index is 1.60. The number of amides is 1. The zero-order valence-corrected chi connectivity index (χ0v) is 18.8. The molecule has 1 N–H and O–H groups in total. The molecule has 0 aliphatic carbocycles. The van der Waals surface area contributed by atoms with Gasteiger partial charge in [0, 0.05) is 18.3 Å². The molecule has 0 unspecified atom stereocenters. The number of ether oxygens (including phenoxy) is 1. The van der Waals surface area contributed by atoms with Gasteiger partial charge in [0.15, 0.2) is 11.0 Å². The molecule has 7 heteroatoms. The van der Waals surface area contributed by atoms with Crippen LogP contribution in [0.3, 0.4) is 0 Å². The molecule has 2 aromatic carbocycles. The summed E-state index contributed by atoms with van der Waals surface area (Å²) in [7, 11) is 1.91. The third-order valence-corrected chi connectivity index (χ3v) is 5.73. The molecule has 30 heavy (non-hydrogen) atoms. The van der Waals surface area contributed by atoms with Crippen molar-refractivity contribution >= 4 is 23.4 Å². The molecule has 0 spiro atoms. The molecule has 0 atom stereocenters. The van der Waals surface area contributed by atoms with Crippen molar-refractivity contribution in [2.45, 2.75) is 38.8 Å². The summed E-state index contributed by atoms with van der Waals surface area (Å²) in [5.41, 5.74) is 3.96. The van der Waals surface area contributed by atoms with Gasteiger partial charge in [-0.2, -0.15) is 0 Å². The van der Waals surface area contributed by atoms with E-state index in [4.69, 9.17) is 4.74 Å². The maximum absolute atomic E-state index is 12.4. The number of rotatable bonds is 9. The first-order valence-electron chi connectivity index (χ1n) is 10.1. The maximum atomic E-state index is 12.4. The number of nitrogens with one attached hydrogen (secondary N) is 1. The molecule has 1 amide bonds. The summed E-state index contributed by atoms with van der Waals surface area (Å²) >= 11 is 1.37. The second kappa shape index (κ2) is 10.3. The predicted molar refractivity (Wildman–Crippen MR) is 122 cm³/mol. The number of unbranched alkanes of at least 4 members (excludes halogenated alkanes) is 1. The van der Waals surface area contributed by atoms with Crippen LogP contribution in [0.15, 0.2) is 47.6 Å². The van der Waals surface area contributed by atoms with Crippen LogP contribution in [-0.2, 0) is 11.8 Å². The van der Waals surface area contributed by atoms with Crippen LogP contribution in [0.4, 0.5) is 5.69 Å². The highest BCUT2D eigenvalue weighted by Crippen LogP contribution is 2.25. The van der Waals surface area contributed by atoms with Crippen molar-refractivity contribution in [3.63, 3.8) is 0 Å². The molecule has 0 aliphatic heterocycles. The molecule has 3 rings (SSSR count). The van der Waals surface area contributed by atoms with Crippen LogP contribution >= 0.6 is 11.8 Å². The Bertz CT molecular complexity index is 999. The van der Waals surface area contributed by atoms with E-state index in [0.717, 1.165) is 53.4 Å². The number of carbonyl (C=O) groups is 1. The van der Waals surface area contributed by atoms with E-state index < -0.39 is 0 Å². The van der Waals surface area contributed by atoms with Crippen LogP contribution < -0.4 is 10.1 Å². The summed E-state index contributed by atoms with van der Waals surface area (Å²) in [6, 6.07) is 13.9. The Hall–Kier alpha value is -2.80. The van der Waals surface area contributed by atoms with Gasteiger partial charge in [0.2, 0.25) is 5.91 Å². The van der Waals surface area contributed by atoms with Gasteiger partial charge in [-0.1, -0.05) is 37.2 Å². The first kappa shape index (κ1) is 21.9. The van der Waals surface area contributed by atoms with Crippen molar-refractivity contribution in [2.75, 3.05) is 17.7 Å². The number of hydrogen-bond acceptors (Lipinski definition) is 5. The molecule has 0 saturated carbocycles. The van der Waals surface area contributed by atoms with Crippen molar-refractivity contribution in [2.24, 2.45) is 7.05 Å². The lowest BCUT2D eigenvalue weighted by Crippen LogP contribution is -2.15. The number of hydrogen-bond donors (Lipinski definition) is 1. The zero-order valence-electron chi connectivity index (χ0n) is 17.9. The van der Waals surface area contributed by atoms with Crippen LogP contribution in [0.1, 0.15) is 30.9 Å². The summed E-state index contributed by atoms with van der Waals surface area (Å²) in [5.74, 6) is 1.82. The molecule has 0 aliphatic rings. The first-order valence-corrected chi connectivity index (χ1v) is 11.1. The summed E-state index contributed by atoms with van der Waals surface area (Å²) in [4.78, 5) is 12.4. The fraction of sp³-hybridized carbons (Fsp3) is 0.348. The van der Waals surface area contributed by atoms with Gasteiger partial charge < -0.3 is 14.6 Å². The number of aromatic nitrogens is 3. The Morgan fingerprint density at radius 3 is 2.63 bits per heavy atom. The Kier molecular flexibility index (Phi) is 7.52. The number of carbonyl (C=O) groups excluding carboxylic acids is 1. The number of nitrogens with zero attached hydrogens (tertiary/aromatic N) is 3. The molecule has 0 fully saturated rings. The van der Waals surface area contributed by atoms with Crippen LogP contribution in [0, 0.1) is 13.8 Å². The molecule has 158 valence electrons. The van der Waals surface area contributed by atoms with E-state index in [1.807, 2.05) is 67.9 Å². The van der Waals surface area contributed by atoms with Gasteiger partial charge >= 0.3 is 0 Å². The third-order valence-electron chi connectivity index (χ3n) is 4.71. The van der Waals surface area contributed by atoms with E-state index in [2.05, 4.69) is 22.4 Å². The van der Waals surface area contributed by atoms with Crippen LogP contribution in [-0.4, -0.2) is 33.0 Å². The minimum atomic E-state index is -0.0631. The van der Waals surface area contributed by atoms with Crippen molar-refractivity contribution in [3.05, 3.63) is 53.6 Å². The van der Waals surface area contributed by atoms with Crippen molar-refractivity contribution in [3.8, 4) is 17.1 Å². The minimum absolute atomic E-state index is 0.0631. The quantitative estimate of drug-likeness (QED) is 0.386. The van der Waals surface area contributed by atoms with Crippen LogP contribution in [0.25, 0.3) is 11.4 Å². The zero-order chi connectivity index (χ0) is 21.5. The first-order chi connectivity index (χ1) is 14.5. The van der Waals surface area contributed by atoms with Gasteiger partial charge in [-0.15, -0.1) is 10.2 Å². The molecule has 3 aromatic rings. The van der Waals surface area contributed by atoms with Gasteiger partial charge in [-0.3, -0.25) is 4.79 Å². The summed E-state index contributed by atoms with van der Waals surface area (Å²) < 4.78 is 7.62. The van der Waals surface area contributed by atoms with Crippen LogP contribution in [0.2, 0.25) is 0 Å². The predicted octanol–water partition coefficient (Wildman–Crippen LogP) is 5.01. The number of thioether (sulfide) groups is 1. The van der Waals surface area contributed by atoms with Gasteiger partial charge in [0.05, 0.1) is 12.4 Å². The van der Waals surface area contributed by atoms with Gasteiger partial charge in [-0.05, 0) is 61.7 Å². The monoisotopic (exact) mass is 424 g/mol. The van der Waals surface area contributed by atoms with Crippen molar-refractivity contribution < 1.29 is 9.53 Å². The van der Waals surface area contributed by atoms with E-state index in [1.165, 1.54) is 11.8 Å². The molecular formula is C23H28N4O2S. The second-order valence-electron chi connectivity index (χ2n) is 7.25. The van der Waals surface area contributed by atoms with E-state index in [-0.39, 0.29) is 11.7 Å².